The fourth-order valence-electron chi connectivity index (χ4n) is 3.76. The smallest absolute Gasteiger partial charge is 0.243 e. The van der Waals surface area contributed by atoms with Gasteiger partial charge in [0.05, 0.1) is 6.42 Å². The molecule has 0 aliphatic rings. The first kappa shape index (κ1) is 26.7. The molecule has 3 aromatic rings. The summed E-state index contributed by atoms with van der Waals surface area (Å²) < 4.78 is 14.5. The molecule has 0 aromatic heterocycles. The van der Waals surface area contributed by atoms with E-state index in [1.807, 2.05) is 56.3 Å². The largest absolute Gasteiger partial charge is 0.352 e. The summed E-state index contributed by atoms with van der Waals surface area (Å²) in [4.78, 5) is 28.7. The molecule has 2 amide bonds. The van der Waals surface area contributed by atoms with E-state index < -0.39 is 17.8 Å². The van der Waals surface area contributed by atoms with Gasteiger partial charge in [0.15, 0.2) is 0 Å². The number of nitrogens with one attached hydrogen (secondary N) is 1. The Balaban J connectivity index is 2.02. The molecule has 0 spiro atoms. The van der Waals surface area contributed by atoms with E-state index in [2.05, 4.69) is 5.32 Å². The Morgan fingerprint density at radius 3 is 2.26 bits per heavy atom. The van der Waals surface area contributed by atoms with Crippen molar-refractivity contribution in [1.82, 2.24) is 10.2 Å². The van der Waals surface area contributed by atoms with Crippen molar-refractivity contribution in [3.05, 3.63) is 105 Å². The van der Waals surface area contributed by atoms with Crippen LogP contribution in [0, 0.1) is 5.82 Å². The Hall–Kier alpha value is -2.89. The highest BCUT2D eigenvalue weighted by atomic mass is 35.5. The van der Waals surface area contributed by atoms with Gasteiger partial charge < -0.3 is 10.2 Å². The Kier molecular flexibility index (Phi) is 9.70. The van der Waals surface area contributed by atoms with E-state index in [0.29, 0.717) is 17.0 Å². The predicted molar refractivity (Wildman–Crippen MR) is 139 cm³/mol. The van der Waals surface area contributed by atoms with Gasteiger partial charge in [-0.1, -0.05) is 84.7 Å². The van der Waals surface area contributed by atoms with Crippen molar-refractivity contribution in [1.29, 1.82) is 0 Å². The lowest BCUT2D eigenvalue weighted by Gasteiger charge is -2.32. The number of hydrogen-bond donors (Lipinski definition) is 1. The van der Waals surface area contributed by atoms with Crippen LogP contribution in [0.4, 0.5) is 4.39 Å². The van der Waals surface area contributed by atoms with Crippen molar-refractivity contribution < 1.29 is 14.0 Å². The maximum atomic E-state index is 14.5. The molecule has 1 N–H and O–H groups in total. The van der Waals surface area contributed by atoms with Gasteiger partial charge in [-0.05, 0) is 42.7 Å². The van der Waals surface area contributed by atoms with Gasteiger partial charge >= 0.3 is 0 Å². The van der Waals surface area contributed by atoms with Crippen LogP contribution in [0.1, 0.15) is 37.0 Å². The number of halogens is 3. The van der Waals surface area contributed by atoms with Crippen molar-refractivity contribution >= 4 is 35.0 Å². The summed E-state index contributed by atoms with van der Waals surface area (Å²) in [7, 11) is 0. The molecule has 0 heterocycles. The van der Waals surface area contributed by atoms with E-state index in [-0.39, 0.29) is 35.5 Å². The third-order valence-corrected chi connectivity index (χ3v) is 6.68. The topological polar surface area (TPSA) is 49.4 Å². The van der Waals surface area contributed by atoms with Gasteiger partial charge in [-0.2, -0.15) is 0 Å². The average Bonchev–Trinajstić information content (AvgIpc) is 2.85. The van der Waals surface area contributed by atoms with Crippen molar-refractivity contribution in [3.63, 3.8) is 0 Å². The number of carbonyl (C=O) groups is 2. The highest BCUT2D eigenvalue weighted by molar-refractivity contribution is 6.31. The van der Waals surface area contributed by atoms with Crippen LogP contribution in [0.2, 0.25) is 10.0 Å². The fourth-order valence-corrected chi connectivity index (χ4v) is 4.18. The Labute approximate surface area is 216 Å². The van der Waals surface area contributed by atoms with Gasteiger partial charge in [-0.3, -0.25) is 9.59 Å². The average molecular weight is 515 g/mol. The number of carbonyl (C=O) groups excluding carboxylic acids is 2. The van der Waals surface area contributed by atoms with Gasteiger partial charge in [0.2, 0.25) is 11.8 Å². The van der Waals surface area contributed by atoms with Gasteiger partial charge in [-0.15, -0.1) is 0 Å². The molecule has 0 aliphatic carbocycles. The van der Waals surface area contributed by atoms with Crippen molar-refractivity contribution in [2.45, 2.75) is 51.7 Å². The molecule has 0 unspecified atom stereocenters. The Bertz CT molecular complexity index is 1140. The first-order valence-electron chi connectivity index (χ1n) is 11.6. The third kappa shape index (κ3) is 7.30. The molecule has 0 fully saturated rings. The molecular formula is C28H29Cl2FN2O2. The van der Waals surface area contributed by atoms with E-state index in [1.54, 1.807) is 18.2 Å². The zero-order valence-corrected chi connectivity index (χ0v) is 21.3. The van der Waals surface area contributed by atoms with Crippen LogP contribution in [0.3, 0.4) is 0 Å². The van der Waals surface area contributed by atoms with Crippen LogP contribution >= 0.6 is 23.2 Å². The number of benzene rings is 3. The zero-order chi connectivity index (χ0) is 25.4. The lowest BCUT2D eigenvalue weighted by molar-refractivity contribution is -0.141. The number of amides is 2. The highest BCUT2D eigenvalue weighted by Crippen LogP contribution is 2.24. The summed E-state index contributed by atoms with van der Waals surface area (Å²) in [5.41, 5.74) is 1.69. The van der Waals surface area contributed by atoms with E-state index in [4.69, 9.17) is 23.2 Å². The summed E-state index contributed by atoms with van der Waals surface area (Å²) in [6.45, 7) is 3.98. The number of rotatable bonds is 10. The standard InChI is InChI=1S/C28H29Cl2FN2O2/c1-3-19(2)32-28(35)26(16-20-10-5-4-6-11-20)33(18-21-12-7-8-13-23(21)29)27(34)17-22-24(30)14-9-15-25(22)31/h4-15,19,26H,3,16-18H2,1-2H3,(H,32,35)/t19-,26-/m1/s1. The van der Waals surface area contributed by atoms with E-state index in [1.165, 1.54) is 17.0 Å². The van der Waals surface area contributed by atoms with Gasteiger partial charge in [0, 0.05) is 34.6 Å². The predicted octanol–water partition coefficient (Wildman–Crippen LogP) is 6.23. The van der Waals surface area contributed by atoms with Crippen molar-refractivity contribution in [2.24, 2.45) is 0 Å². The minimum atomic E-state index is -0.833. The quantitative estimate of drug-likeness (QED) is 0.348. The monoisotopic (exact) mass is 514 g/mol. The molecule has 4 nitrogen and oxygen atoms in total. The maximum Gasteiger partial charge on any atom is 0.243 e. The Morgan fingerprint density at radius 2 is 1.60 bits per heavy atom. The minimum absolute atomic E-state index is 0.0703. The molecule has 0 saturated heterocycles. The van der Waals surface area contributed by atoms with E-state index in [9.17, 15) is 14.0 Å². The first-order chi connectivity index (χ1) is 16.8. The molecule has 3 aromatic carbocycles. The van der Waals surface area contributed by atoms with Crippen molar-refractivity contribution in [3.8, 4) is 0 Å². The molecule has 0 bridgehead atoms. The molecular weight excluding hydrogens is 486 g/mol. The van der Waals surface area contributed by atoms with Crippen LogP contribution in [-0.2, 0) is 29.0 Å². The fraction of sp³-hybridized carbons (Fsp3) is 0.286. The van der Waals surface area contributed by atoms with Crippen LogP contribution in [0.25, 0.3) is 0 Å². The summed E-state index contributed by atoms with van der Waals surface area (Å²) in [6, 6.07) is 20.1. The second-order valence-electron chi connectivity index (χ2n) is 8.51. The van der Waals surface area contributed by atoms with Crippen LogP contribution in [0.15, 0.2) is 72.8 Å². The molecule has 3 rings (SSSR count). The number of nitrogens with zero attached hydrogens (tertiary/aromatic N) is 1. The lowest BCUT2D eigenvalue weighted by atomic mass is 10.0. The normalized spacial score (nSPS) is 12.6. The summed E-state index contributed by atoms with van der Waals surface area (Å²) in [5.74, 6) is -1.26. The SMILES string of the molecule is CC[C@@H](C)NC(=O)[C@@H](Cc1ccccc1)N(Cc1ccccc1Cl)C(=O)Cc1c(F)cccc1Cl. The van der Waals surface area contributed by atoms with E-state index >= 15 is 0 Å². The van der Waals surface area contributed by atoms with Gasteiger partial charge in [-0.25, -0.2) is 4.39 Å². The van der Waals surface area contributed by atoms with Crippen LogP contribution in [0.5, 0.6) is 0 Å². The lowest BCUT2D eigenvalue weighted by Crippen LogP contribution is -2.52. The van der Waals surface area contributed by atoms with Crippen molar-refractivity contribution in [2.75, 3.05) is 0 Å². The second kappa shape index (κ2) is 12.7. The molecule has 0 saturated carbocycles. The second-order valence-corrected chi connectivity index (χ2v) is 9.33. The minimum Gasteiger partial charge on any atom is -0.352 e. The summed E-state index contributed by atoms with van der Waals surface area (Å²) in [5, 5.41) is 3.65. The van der Waals surface area contributed by atoms with E-state index in [0.717, 1.165) is 12.0 Å². The molecule has 35 heavy (non-hydrogen) atoms. The maximum absolute atomic E-state index is 14.5. The molecule has 2 atom stereocenters. The first-order valence-corrected chi connectivity index (χ1v) is 12.4. The van der Waals surface area contributed by atoms with Crippen LogP contribution < -0.4 is 5.32 Å². The molecule has 0 radical (unpaired) electrons. The third-order valence-electron chi connectivity index (χ3n) is 5.96. The summed E-state index contributed by atoms with van der Waals surface area (Å²) in [6.07, 6.45) is 0.759. The molecule has 0 aliphatic heterocycles. The molecule has 184 valence electrons. The number of hydrogen-bond acceptors (Lipinski definition) is 2. The van der Waals surface area contributed by atoms with Crippen LogP contribution in [-0.4, -0.2) is 28.8 Å². The van der Waals surface area contributed by atoms with Gasteiger partial charge in [0.25, 0.3) is 0 Å². The zero-order valence-electron chi connectivity index (χ0n) is 19.8. The molecule has 7 heteroatoms. The highest BCUT2D eigenvalue weighted by Gasteiger charge is 2.32. The van der Waals surface area contributed by atoms with Gasteiger partial charge in [0.1, 0.15) is 11.9 Å². The Morgan fingerprint density at radius 1 is 0.943 bits per heavy atom. The summed E-state index contributed by atoms with van der Waals surface area (Å²) >= 11 is 12.6.